The Morgan fingerprint density at radius 1 is 1.10 bits per heavy atom. The summed E-state index contributed by atoms with van der Waals surface area (Å²) in [6.07, 6.45) is 2.06. The van der Waals surface area contributed by atoms with Crippen molar-refractivity contribution in [3.8, 4) is 11.5 Å². The molecule has 1 heterocycles. The lowest BCUT2D eigenvalue weighted by Crippen LogP contribution is -2.35. The molecule has 3 rings (SSSR count). The second-order valence-corrected chi connectivity index (χ2v) is 11.8. The Kier molecular flexibility index (Phi) is 11.7. The molecule has 1 unspecified atom stereocenters. The van der Waals surface area contributed by atoms with E-state index in [0.29, 0.717) is 33.7 Å². The van der Waals surface area contributed by atoms with E-state index < -0.39 is 31.4 Å². The lowest BCUT2D eigenvalue weighted by atomic mass is 10.2. The Bertz CT molecular complexity index is 1360. The first-order valence-electron chi connectivity index (χ1n) is 12.6. The van der Waals surface area contributed by atoms with Gasteiger partial charge in [-0.1, -0.05) is 31.7 Å². The highest BCUT2D eigenvalue weighted by Gasteiger charge is 2.41. The minimum Gasteiger partial charge on any atom is -0.491 e. The number of hydrogen-bond acceptors (Lipinski definition) is 9. The highest BCUT2D eigenvalue weighted by molar-refractivity contribution is 7.57. The minimum atomic E-state index is -4.45. The van der Waals surface area contributed by atoms with E-state index >= 15 is 4.39 Å². The topological polar surface area (TPSA) is 109 Å². The molecule has 40 heavy (non-hydrogen) atoms. The number of nitrogens with one attached hydrogen (secondary N) is 1. The molecule has 0 saturated carbocycles. The molecule has 0 fully saturated rings. The molecule has 0 aliphatic carbocycles. The average molecular weight is 594 g/mol. The zero-order chi connectivity index (χ0) is 29.1. The fraction of sp³-hybridized carbons (Fsp3) is 0.357. The van der Waals surface area contributed by atoms with E-state index in [4.69, 9.17) is 23.5 Å². The van der Waals surface area contributed by atoms with Gasteiger partial charge in [-0.05, 0) is 54.6 Å². The highest BCUT2D eigenvalue weighted by atomic mass is 32.1. The van der Waals surface area contributed by atoms with Crippen LogP contribution in [0.1, 0.15) is 41.4 Å². The van der Waals surface area contributed by atoms with Crippen LogP contribution < -0.4 is 14.3 Å². The SMILES string of the molecule is C=CCOC(=O)c1cc2cc([C@H](F)P(=O)(N[C@@H](C)C(=O)OCCC)Oc3cccc(OCCOC)c3)ccc2s1. The summed E-state index contributed by atoms with van der Waals surface area (Å²) < 4.78 is 57.6. The maximum Gasteiger partial charge on any atom is 0.355 e. The molecular weight excluding hydrogens is 560 g/mol. The first kappa shape index (κ1) is 31.3. The van der Waals surface area contributed by atoms with Crippen molar-refractivity contribution in [3.05, 3.63) is 71.6 Å². The van der Waals surface area contributed by atoms with Gasteiger partial charge in [0.15, 0.2) is 0 Å². The summed E-state index contributed by atoms with van der Waals surface area (Å²) in [5.74, 6) is -2.91. The smallest absolute Gasteiger partial charge is 0.355 e. The fourth-order valence-corrected chi connectivity index (χ4v) is 6.36. The predicted molar refractivity (Wildman–Crippen MR) is 152 cm³/mol. The molecule has 1 N–H and O–H groups in total. The normalized spacial score (nSPS) is 14.1. The first-order chi connectivity index (χ1) is 19.2. The van der Waals surface area contributed by atoms with E-state index in [9.17, 15) is 14.2 Å². The molecule has 0 saturated heterocycles. The first-order valence-corrected chi connectivity index (χ1v) is 15.1. The second kappa shape index (κ2) is 14.9. The number of hydrogen-bond donors (Lipinski definition) is 1. The number of fused-ring (bicyclic) bond motifs is 1. The van der Waals surface area contributed by atoms with Crippen molar-refractivity contribution in [1.82, 2.24) is 5.09 Å². The molecule has 0 spiro atoms. The van der Waals surface area contributed by atoms with Gasteiger partial charge in [0.25, 0.3) is 0 Å². The van der Waals surface area contributed by atoms with Crippen LogP contribution in [0.15, 0.2) is 61.2 Å². The van der Waals surface area contributed by atoms with Crippen LogP contribution in [0.5, 0.6) is 11.5 Å². The third-order valence-electron chi connectivity index (χ3n) is 5.43. The molecule has 0 bridgehead atoms. The molecule has 0 aliphatic rings. The zero-order valence-corrected chi connectivity index (χ0v) is 24.3. The minimum absolute atomic E-state index is 0.0359. The summed E-state index contributed by atoms with van der Waals surface area (Å²) in [6, 6.07) is 11.3. The molecule has 12 heteroatoms. The molecule has 9 nitrogen and oxygen atoms in total. The third-order valence-corrected chi connectivity index (χ3v) is 8.65. The van der Waals surface area contributed by atoms with E-state index in [-0.39, 0.29) is 31.1 Å². The Hall–Kier alpha value is -3.24. The van der Waals surface area contributed by atoms with Gasteiger partial charge in [-0.3, -0.25) is 9.36 Å². The third kappa shape index (κ3) is 8.38. The Balaban J connectivity index is 1.92. The highest BCUT2D eigenvalue weighted by Crippen LogP contribution is 2.58. The molecule has 1 aromatic heterocycles. The van der Waals surface area contributed by atoms with Crippen molar-refractivity contribution in [1.29, 1.82) is 0 Å². The van der Waals surface area contributed by atoms with Gasteiger partial charge in [0.1, 0.15) is 35.6 Å². The Labute approximate surface area is 236 Å². The van der Waals surface area contributed by atoms with Gasteiger partial charge in [0.2, 0.25) is 5.91 Å². The summed E-state index contributed by atoms with van der Waals surface area (Å²) >= 11 is 1.19. The predicted octanol–water partition coefficient (Wildman–Crippen LogP) is 6.44. The van der Waals surface area contributed by atoms with Crippen LogP contribution in [0, 0.1) is 0 Å². The van der Waals surface area contributed by atoms with Crippen LogP contribution >= 0.6 is 18.9 Å². The number of methoxy groups -OCH3 is 1. The summed E-state index contributed by atoms with van der Waals surface area (Å²) in [5.41, 5.74) is 0.0359. The standard InChI is InChI=1S/C28H33FNO8PS/c1-5-12-36-27(31)19(3)30-39(33,38-23-9-7-8-22(18-23)35-15-14-34-4)26(29)20-10-11-24-21(16-20)17-25(40-24)28(32)37-13-6-2/h6-11,16-19,26H,2,5,12-15H2,1,3-4H3,(H,30,33)/t19-,26+,39?/m0/s1. The zero-order valence-electron chi connectivity index (χ0n) is 22.6. The van der Waals surface area contributed by atoms with Gasteiger partial charge in [-0.25, -0.2) is 14.3 Å². The van der Waals surface area contributed by atoms with Crippen molar-refractivity contribution >= 4 is 40.9 Å². The van der Waals surface area contributed by atoms with Gasteiger partial charge in [-0.2, -0.15) is 0 Å². The monoisotopic (exact) mass is 593 g/mol. The number of carbonyl (C=O) groups is 2. The number of alkyl halides is 1. The summed E-state index contributed by atoms with van der Waals surface area (Å²) in [5, 5.41) is 3.12. The number of carbonyl (C=O) groups excluding carboxylic acids is 2. The van der Waals surface area contributed by atoms with Crippen LogP contribution in [0.4, 0.5) is 4.39 Å². The van der Waals surface area contributed by atoms with Gasteiger partial charge >= 0.3 is 19.5 Å². The summed E-state index contributed by atoms with van der Waals surface area (Å²) in [4.78, 5) is 25.0. The van der Waals surface area contributed by atoms with Crippen molar-refractivity contribution in [2.45, 2.75) is 32.2 Å². The van der Waals surface area contributed by atoms with E-state index in [2.05, 4.69) is 11.7 Å². The molecule has 3 atom stereocenters. The number of esters is 2. The maximum atomic E-state index is 16.2. The van der Waals surface area contributed by atoms with E-state index in [1.54, 1.807) is 31.4 Å². The molecule has 2 aromatic carbocycles. The molecule has 3 aromatic rings. The molecule has 0 amide bonds. The quantitative estimate of drug-likeness (QED) is 0.0868. The number of rotatable bonds is 16. The van der Waals surface area contributed by atoms with E-state index in [1.165, 1.54) is 48.6 Å². The van der Waals surface area contributed by atoms with Gasteiger partial charge < -0.3 is 23.5 Å². The summed E-state index contributed by atoms with van der Waals surface area (Å²) in [6.45, 7) is 7.64. The molecule has 0 aliphatic heterocycles. The summed E-state index contributed by atoms with van der Waals surface area (Å²) in [7, 11) is -2.91. The number of benzene rings is 2. The number of ether oxygens (including phenoxy) is 4. The average Bonchev–Trinajstić information content (AvgIpc) is 3.38. The molecule has 216 valence electrons. The fourth-order valence-electron chi connectivity index (χ4n) is 3.52. The molecule has 0 radical (unpaired) electrons. The van der Waals surface area contributed by atoms with Crippen molar-refractivity contribution in [2.75, 3.05) is 33.5 Å². The van der Waals surface area contributed by atoms with Crippen molar-refractivity contribution in [2.24, 2.45) is 0 Å². The van der Waals surface area contributed by atoms with E-state index in [0.717, 1.165) is 0 Å². The van der Waals surface area contributed by atoms with Gasteiger partial charge in [0.05, 0.1) is 13.2 Å². The van der Waals surface area contributed by atoms with Crippen molar-refractivity contribution in [3.63, 3.8) is 0 Å². The number of halogens is 1. The van der Waals surface area contributed by atoms with Crippen LogP contribution in [0.3, 0.4) is 0 Å². The van der Waals surface area contributed by atoms with Crippen LogP contribution in [-0.2, 0) is 23.6 Å². The lowest BCUT2D eigenvalue weighted by Gasteiger charge is -2.26. The second-order valence-electron chi connectivity index (χ2n) is 8.65. The Morgan fingerprint density at radius 2 is 1.88 bits per heavy atom. The van der Waals surface area contributed by atoms with Crippen LogP contribution in [0.25, 0.3) is 10.1 Å². The lowest BCUT2D eigenvalue weighted by molar-refractivity contribution is -0.145. The van der Waals surface area contributed by atoms with Gasteiger partial charge in [0, 0.05) is 17.9 Å². The molecular formula is C28H33FNO8PS. The largest absolute Gasteiger partial charge is 0.491 e. The maximum absolute atomic E-state index is 16.2. The van der Waals surface area contributed by atoms with E-state index in [1.807, 2.05) is 6.92 Å². The Morgan fingerprint density at radius 3 is 2.60 bits per heavy atom. The van der Waals surface area contributed by atoms with Crippen LogP contribution in [-0.4, -0.2) is 51.5 Å². The van der Waals surface area contributed by atoms with Crippen LogP contribution in [0.2, 0.25) is 0 Å². The van der Waals surface area contributed by atoms with Crippen molar-refractivity contribution < 1.29 is 42.0 Å². The van der Waals surface area contributed by atoms with Gasteiger partial charge in [-0.15, -0.1) is 11.3 Å². The number of thiophene rings is 1.